The lowest BCUT2D eigenvalue weighted by Crippen LogP contribution is -2.36. The van der Waals surface area contributed by atoms with Crippen molar-refractivity contribution < 1.29 is 18.6 Å². The molecule has 0 aliphatic rings. The van der Waals surface area contributed by atoms with Gasteiger partial charge in [0.2, 0.25) is 6.43 Å². The third-order valence-corrected chi connectivity index (χ3v) is 3.79. The van der Waals surface area contributed by atoms with E-state index in [1.54, 1.807) is 31.2 Å². The summed E-state index contributed by atoms with van der Waals surface area (Å²) in [5.41, 5.74) is -0.994. The predicted molar refractivity (Wildman–Crippen MR) is 76.2 cm³/mol. The van der Waals surface area contributed by atoms with Crippen LogP contribution in [0.25, 0.3) is 0 Å². The standard InChI is InChI=1S/C16H24F2O2/c1-4-6-11-20-14-9-7-13(8-10-14)16(19,5-2)12(3)15(17)18/h7-10,12,15,19H,4-6,11H2,1-3H3. The fraction of sp³-hybridized carbons (Fsp3) is 0.625. The summed E-state index contributed by atoms with van der Waals surface area (Å²) in [7, 11) is 0. The van der Waals surface area contributed by atoms with Crippen LogP contribution in [0.3, 0.4) is 0 Å². The molecule has 0 saturated carbocycles. The summed E-state index contributed by atoms with van der Waals surface area (Å²) in [5.74, 6) is -0.412. The monoisotopic (exact) mass is 286 g/mol. The second kappa shape index (κ2) is 7.58. The van der Waals surface area contributed by atoms with E-state index in [-0.39, 0.29) is 6.42 Å². The van der Waals surface area contributed by atoms with Gasteiger partial charge in [-0.25, -0.2) is 8.78 Å². The van der Waals surface area contributed by atoms with E-state index >= 15 is 0 Å². The Morgan fingerprint density at radius 3 is 2.25 bits per heavy atom. The molecule has 0 aliphatic carbocycles. The van der Waals surface area contributed by atoms with Crippen molar-refractivity contribution in [3.63, 3.8) is 0 Å². The van der Waals surface area contributed by atoms with Crippen LogP contribution in [0, 0.1) is 5.92 Å². The van der Waals surface area contributed by atoms with Crippen LogP contribution in [0.15, 0.2) is 24.3 Å². The zero-order valence-electron chi connectivity index (χ0n) is 12.4. The molecule has 4 heteroatoms. The number of halogens is 2. The molecular formula is C16H24F2O2. The minimum Gasteiger partial charge on any atom is -0.494 e. The lowest BCUT2D eigenvalue weighted by atomic mass is 9.80. The zero-order valence-corrected chi connectivity index (χ0v) is 12.4. The Kier molecular flexibility index (Phi) is 6.40. The van der Waals surface area contributed by atoms with Crippen molar-refractivity contribution in [2.24, 2.45) is 5.92 Å². The Morgan fingerprint density at radius 1 is 1.20 bits per heavy atom. The highest BCUT2D eigenvalue weighted by Crippen LogP contribution is 2.37. The van der Waals surface area contributed by atoms with Crippen molar-refractivity contribution in [2.75, 3.05) is 6.61 Å². The Labute approximate surface area is 119 Å². The van der Waals surface area contributed by atoms with Gasteiger partial charge >= 0.3 is 0 Å². The number of unbranched alkanes of at least 4 members (excludes halogenated alkanes) is 1. The molecule has 20 heavy (non-hydrogen) atoms. The highest BCUT2D eigenvalue weighted by atomic mass is 19.3. The minimum absolute atomic E-state index is 0.245. The average molecular weight is 286 g/mol. The molecule has 0 spiro atoms. The molecular weight excluding hydrogens is 262 g/mol. The van der Waals surface area contributed by atoms with Crippen molar-refractivity contribution in [1.29, 1.82) is 0 Å². The first-order chi connectivity index (χ1) is 9.45. The van der Waals surface area contributed by atoms with Gasteiger partial charge in [-0.05, 0) is 30.5 Å². The molecule has 0 amide bonds. The van der Waals surface area contributed by atoms with Crippen molar-refractivity contribution in [3.05, 3.63) is 29.8 Å². The summed E-state index contributed by atoms with van der Waals surface area (Å²) < 4.78 is 31.3. The van der Waals surface area contributed by atoms with Gasteiger partial charge in [-0.15, -0.1) is 0 Å². The molecule has 2 unspecified atom stereocenters. The molecule has 1 rings (SSSR count). The van der Waals surface area contributed by atoms with E-state index in [9.17, 15) is 13.9 Å². The second-order valence-corrected chi connectivity index (χ2v) is 5.13. The Hall–Kier alpha value is -1.16. The van der Waals surface area contributed by atoms with E-state index < -0.39 is 17.9 Å². The molecule has 2 nitrogen and oxygen atoms in total. The molecule has 2 atom stereocenters. The molecule has 0 saturated heterocycles. The summed E-state index contributed by atoms with van der Waals surface area (Å²) in [4.78, 5) is 0. The van der Waals surface area contributed by atoms with Gasteiger partial charge in [0.15, 0.2) is 0 Å². The van der Waals surface area contributed by atoms with E-state index in [1.807, 2.05) is 0 Å². The summed E-state index contributed by atoms with van der Waals surface area (Å²) in [6, 6.07) is 6.79. The highest BCUT2D eigenvalue weighted by Gasteiger charge is 2.39. The van der Waals surface area contributed by atoms with Crippen LogP contribution in [0.4, 0.5) is 8.78 Å². The van der Waals surface area contributed by atoms with Gasteiger partial charge in [-0.3, -0.25) is 0 Å². The maximum Gasteiger partial charge on any atom is 0.244 e. The number of hydrogen-bond acceptors (Lipinski definition) is 2. The van der Waals surface area contributed by atoms with Gasteiger partial charge in [0.05, 0.1) is 18.1 Å². The van der Waals surface area contributed by atoms with E-state index in [0.717, 1.165) is 12.8 Å². The van der Waals surface area contributed by atoms with Crippen LogP contribution in [0.5, 0.6) is 5.75 Å². The summed E-state index contributed by atoms with van der Waals surface area (Å²) in [5, 5.41) is 10.5. The van der Waals surface area contributed by atoms with Crippen LogP contribution in [0.1, 0.15) is 45.6 Å². The number of hydrogen-bond donors (Lipinski definition) is 1. The van der Waals surface area contributed by atoms with Gasteiger partial charge in [0.25, 0.3) is 0 Å². The molecule has 0 heterocycles. The predicted octanol–water partition coefficient (Wildman–Crippen LogP) is 4.36. The van der Waals surface area contributed by atoms with Crippen LogP contribution < -0.4 is 4.74 Å². The Balaban J connectivity index is 2.84. The number of aliphatic hydroxyl groups is 1. The number of ether oxygens (including phenoxy) is 1. The molecule has 0 radical (unpaired) electrons. The molecule has 1 N–H and O–H groups in total. The smallest absolute Gasteiger partial charge is 0.244 e. The van der Waals surface area contributed by atoms with E-state index in [2.05, 4.69) is 6.92 Å². The quantitative estimate of drug-likeness (QED) is 0.719. The SMILES string of the molecule is CCCCOc1ccc(C(O)(CC)C(C)C(F)F)cc1. The third kappa shape index (κ3) is 3.92. The minimum atomic E-state index is -2.56. The van der Waals surface area contributed by atoms with E-state index in [0.29, 0.717) is 17.9 Å². The fourth-order valence-corrected chi connectivity index (χ4v) is 2.17. The summed E-state index contributed by atoms with van der Waals surface area (Å²) >= 11 is 0. The van der Waals surface area contributed by atoms with Crippen LogP contribution in [-0.2, 0) is 5.60 Å². The van der Waals surface area contributed by atoms with Crippen molar-refractivity contribution in [3.8, 4) is 5.75 Å². The maximum atomic E-state index is 12.9. The molecule has 0 bridgehead atoms. The third-order valence-electron chi connectivity index (χ3n) is 3.79. The van der Waals surface area contributed by atoms with Gasteiger partial charge < -0.3 is 9.84 Å². The summed E-state index contributed by atoms with van der Waals surface area (Å²) in [6.07, 6.45) is -0.280. The Morgan fingerprint density at radius 2 is 1.80 bits per heavy atom. The molecule has 114 valence electrons. The van der Waals surface area contributed by atoms with Crippen LogP contribution in [0.2, 0.25) is 0 Å². The largest absolute Gasteiger partial charge is 0.494 e. The first kappa shape index (κ1) is 16.9. The van der Waals surface area contributed by atoms with Crippen molar-refractivity contribution in [2.45, 2.75) is 52.1 Å². The first-order valence-corrected chi connectivity index (χ1v) is 7.19. The van der Waals surface area contributed by atoms with Gasteiger partial charge in [0, 0.05) is 0 Å². The lowest BCUT2D eigenvalue weighted by Gasteiger charge is -2.33. The number of benzene rings is 1. The number of alkyl halides is 2. The molecule has 0 fully saturated rings. The van der Waals surface area contributed by atoms with Crippen molar-refractivity contribution in [1.82, 2.24) is 0 Å². The van der Waals surface area contributed by atoms with Crippen molar-refractivity contribution >= 4 is 0 Å². The molecule has 1 aromatic carbocycles. The molecule has 1 aromatic rings. The molecule has 0 aromatic heterocycles. The van der Waals surface area contributed by atoms with E-state index in [4.69, 9.17) is 4.74 Å². The average Bonchev–Trinajstić information content (AvgIpc) is 2.46. The first-order valence-electron chi connectivity index (χ1n) is 7.19. The number of rotatable bonds is 8. The van der Waals surface area contributed by atoms with Crippen LogP contribution in [-0.4, -0.2) is 18.1 Å². The second-order valence-electron chi connectivity index (χ2n) is 5.13. The zero-order chi connectivity index (χ0) is 15.2. The van der Waals surface area contributed by atoms with E-state index in [1.165, 1.54) is 6.92 Å². The normalized spacial score (nSPS) is 15.9. The summed E-state index contributed by atoms with van der Waals surface area (Å²) in [6.45, 7) is 5.81. The van der Waals surface area contributed by atoms with Crippen LogP contribution >= 0.6 is 0 Å². The Bertz CT molecular complexity index is 392. The lowest BCUT2D eigenvalue weighted by molar-refractivity contribution is -0.0847. The topological polar surface area (TPSA) is 29.5 Å². The fourth-order valence-electron chi connectivity index (χ4n) is 2.17. The van der Waals surface area contributed by atoms with Gasteiger partial charge in [0.1, 0.15) is 5.75 Å². The molecule has 0 aliphatic heterocycles. The highest BCUT2D eigenvalue weighted by molar-refractivity contribution is 5.31. The van der Waals surface area contributed by atoms with Gasteiger partial charge in [-0.2, -0.15) is 0 Å². The van der Waals surface area contributed by atoms with Gasteiger partial charge in [-0.1, -0.05) is 39.3 Å². The maximum absolute atomic E-state index is 12.9.